The fraction of sp³-hybridized carbons (Fsp3) is 0.694. The van der Waals surface area contributed by atoms with Crippen LogP contribution in [0, 0.1) is 46.3 Å². The minimum absolute atomic E-state index is 0.0428. The zero-order chi connectivity index (χ0) is 27.8. The molecule has 214 valence electrons. The number of hydrogen-bond donors (Lipinski definition) is 1. The number of carbonyl (C=O) groups excluding carboxylic acids is 1. The second-order valence-corrected chi connectivity index (χ2v) is 14.5. The van der Waals surface area contributed by atoms with Crippen molar-refractivity contribution in [3.63, 3.8) is 0 Å². The Balaban J connectivity index is 1.22. The molecule has 0 saturated heterocycles. The van der Waals surface area contributed by atoms with Crippen LogP contribution < -0.4 is 0 Å². The van der Waals surface area contributed by atoms with Crippen LogP contribution >= 0.6 is 0 Å². The monoisotopic (exact) mass is 532 g/mol. The smallest absolute Gasteiger partial charge is 0.331 e. The highest BCUT2D eigenvalue weighted by atomic mass is 16.5. The van der Waals surface area contributed by atoms with Crippen molar-refractivity contribution in [2.45, 2.75) is 111 Å². The lowest BCUT2D eigenvalue weighted by atomic mass is 9.47. The van der Waals surface area contributed by atoms with Crippen LogP contribution in [-0.2, 0) is 9.53 Å². The molecule has 3 nitrogen and oxygen atoms in total. The number of phenols is 1. The van der Waals surface area contributed by atoms with Crippen LogP contribution in [0.15, 0.2) is 42.0 Å². The minimum Gasteiger partial charge on any atom is -0.507 e. The van der Waals surface area contributed by atoms with Gasteiger partial charge in [-0.2, -0.15) is 0 Å². The molecular formula is C36H52O3. The maximum atomic E-state index is 12.6. The molecule has 0 aliphatic heterocycles. The molecule has 1 aromatic carbocycles. The molecule has 0 bridgehead atoms. The first-order valence-electron chi connectivity index (χ1n) is 16.0. The molecule has 0 heterocycles. The van der Waals surface area contributed by atoms with E-state index in [1.54, 1.807) is 29.8 Å². The van der Waals surface area contributed by atoms with Gasteiger partial charge in [-0.15, -0.1) is 0 Å². The van der Waals surface area contributed by atoms with Crippen LogP contribution in [0.25, 0.3) is 6.08 Å². The largest absolute Gasteiger partial charge is 0.507 e. The number of hydrogen-bond acceptors (Lipinski definition) is 3. The normalized spacial score (nSPS) is 36.7. The summed E-state index contributed by atoms with van der Waals surface area (Å²) in [6, 6.07) is 7.05. The average molecular weight is 533 g/mol. The molecular weight excluding hydrogens is 480 g/mol. The highest BCUT2D eigenvalue weighted by Gasteiger charge is 2.59. The maximum Gasteiger partial charge on any atom is 0.331 e. The number of phenolic OH excluding ortho intramolecular Hbond substituents is 1. The van der Waals surface area contributed by atoms with E-state index in [1.807, 2.05) is 6.07 Å². The summed E-state index contributed by atoms with van der Waals surface area (Å²) in [6.45, 7) is 12.5. The van der Waals surface area contributed by atoms with Gasteiger partial charge >= 0.3 is 5.97 Å². The van der Waals surface area contributed by atoms with Crippen molar-refractivity contribution < 1.29 is 14.6 Å². The first kappa shape index (κ1) is 28.5. The van der Waals surface area contributed by atoms with Crippen molar-refractivity contribution in [2.75, 3.05) is 0 Å². The Bertz CT molecular complexity index is 1080. The molecule has 4 aliphatic carbocycles. The summed E-state index contributed by atoms with van der Waals surface area (Å²) >= 11 is 0. The highest BCUT2D eigenvalue weighted by molar-refractivity contribution is 5.87. The lowest BCUT2D eigenvalue weighted by molar-refractivity contribution is -0.145. The van der Waals surface area contributed by atoms with E-state index in [1.165, 1.54) is 57.4 Å². The Morgan fingerprint density at radius 1 is 1.05 bits per heavy atom. The van der Waals surface area contributed by atoms with E-state index in [9.17, 15) is 9.90 Å². The maximum absolute atomic E-state index is 12.6. The summed E-state index contributed by atoms with van der Waals surface area (Å²) in [7, 11) is 0. The number of allylic oxidation sites excluding steroid dienone is 1. The molecule has 0 amide bonds. The van der Waals surface area contributed by atoms with E-state index in [2.05, 4.69) is 40.7 Å². The van der Waals surface area contributed by atoms with E-state index in [4.69, 9.17) is 4.74 Å². The summed E-state index contributed by atoms with van der Waals surface area (Å²) in [5, 5.41) is 9.95. The zero-order valence-electron chi connectivity index (χ0n) is 25.1. The molecule has 5 rings (SSSR count). The lowest BCUT2D eigenvalue weighted by Gasteiger charge is -2.58. The molecule has 8 unspecified atom stereocenters. The molecule has 3 heteroatoms. The number of rotatable bonds is 8. The summed E-state index contributed by atoms with van der Waals surface area (Å²) in [4.78, 5) is 12.6. The van der Waals surface area contributed by atoms with Crippen LogP contribution in [0.5, 0.6) is 5.75 Å². The molecule has 0 radical (unpaired) electrons. The first-order valence-corrected chi connectivity index (χ1v) is 16.0. The van der Waals surface area contributed by atoms with E-state index in [0.717, 1.165) is 54.8 Å². The average Bonchev–Trinajstić information content (AvgIpc) is 3.25. The van der Waals surface area contributed by atoms with Crippen molar-refractivity contribution in [3.8, 4) is 5.75 Å². The van der Waals surface area contributed by atoms with Crippen molar-refractivity contribution in [2.24, 2.45) is 46.3 Å². The third-order valence-corrected chi connectivity index (χ3v) is 11.9. The van der Waals surface area contributed by atoms with Gasteiger partial charge in [-0.05, 0) is 103 Å². The first-order chi connectivity index (χ1) is 18.6. The summed E-state index contributed by atoms with van der Waals surface area (Å²) in [5.74, 6) is 4.92. The standard InChI is InChI=1S/C36H52O3/c1-24(2)9-8-10-25(3)30-16-17-31-29-15-14-27-23-28(19-21-35(27,4)32(29)20-22-36(30,31)5)39-34(38)18-13-26-11-6-7-12-33(26)37/h6-7,11-14,18,24-25,28-32,37H,8-10,15-17,19-23H2,1-5H3. The molecule has 3 fully saturated rings. The summed E-state index contributed by atoms with van der Waals surface area (Å²) in [6.07, 6.45) is 19.6. The number of fused-ring (bicyclic) bond motifs is 5. The molecule has 8 atom stereocenters. The zero-order valence-corrected chi connectivity index (χ0v) is 25.1. The van der Waals surface area contributed by atoms with Gasteiger partial charge in [0.15, 0.2) is 0 Å². The van der Waals surface area contributed by atoms with E-state index in [-0.39, 0.29) is 23.2 Å². The SMILES string of the molecule is CC(C)CCCC(C)C1CCC2C3CC=C4CC(OC(=O)C=Cc5ccccc5O)CCC4(C)C3CCC12C. The van der Waals surface area contributed by atoms with Gasteiger partial charge in [0.2, 0.25) is 0 Å². The van der Waals surface area contributed by atoms with Gasteiger partial charge in [0.1, 0.15) is 11.9 Å². The van der Waals surface area contributed by atoms with Crippen LogP contribution in [0.4, 0.5) is 0 Å². The second-order valence-electron chi connectivity index (χ2n) is 14.5. The van der Waals surface area contributed by atoms with Crippen LogP contribution in [0.2, 0.25) is 0 Å². The third kappa shape index (κ3) is 5.62. The number of benzene rings is 1. The van der Waals surface area contributed by atoms with E-state index >= 15 is 0 Å². The fourth-order valence-electron chi connectivity index (χ4n) is 9.74. The van der Waals surface area contributed by atoms with Gasteiger partial charge < -0.3 is 9.84 Å². The predicted molar refractivity (Wildman–Crippen MR) is 160 cm³/mol. The van der Waals surface area contributed by atoms with E-state index in [0.29, 0.717) is 11.0 Å². The summed E-state index contributed by atoms with van der Waals surface area (Å²) < 4.78 is 5.91. The minimum atomic E-state index is -0.311. The fourth-order valence-corrected chi connectivity index (χ4v) is 9.74. The third-order valence-electron chi connectivity index (χ3n) is 11.9. The van der Waals surface area contributed by atoms with Crippen molar-refractivity contribution in [3.05, 3.63) is 47.6 Å². The van der Waals surface area contributed by atoms with Gasteiger partial charge in [-0.3, -0.25) is 0 Å². The molecule has 1 aromatic rings. The molecule has 0 spiro atoms. The number of carbonyl (C=O) groups is 1. The van der Waals surface area contributed by atoms with Crippen LogP contribution in [0.3, 0.4) is 0 Å². The second kappa shape index (κ2) is 11.5. The van der Waals surface area contributed by atoms with Gasteiger partial charge in [0, 0.05) is 18.1 Å². The Morgan fingerprint density at radius 3 is 2.62 bits per heavy atom. The lowest BCUT2D eigenvalue weighted by Crippen LogP contribution is -2.51. The quantitative estimate of drug-likeness (QED) is 0.206. The predicted octanol–water partition coefficient (Wildman–Crippen LogP) is 9.36. The number of para-hydroxylation sites is 1. The Hall–Kier alpha value is -2.03. The van der Waals surface area contributed by atoms with Crippen molar-refractivity contribution >= 4 is 12.0 Å². The molecule has 3 saturated carbocycles. The van der Waals surface area contributed by atoms with Gasteiger partial charge in [-0.1, -0.05) is 83.7 Å². The van der Waals surface area contributed by atoms with Gasteiger partial charge in [-0.25, -0.2) is 4.79 Å². The Labute approximate surface area is 237 Å². The van der Waals surface area contributed by atoms with Gasteiger partial charge in [0.05, 0.1) is 0 Å². The van der Waals surface area contributed by atoms with Crippen LogP contribution in [0.1, 0.15) is 111 Å². The van der Waals surface area contributed by atoms with Crippen molar-refractivity contribution in [1.29, 1.82) is 0 Å². The van der Waals surface area contributed by atoms with Crippen molar-refractivity contribution in [1.82, 2.24) is 0 Å². The Morgan fingerprint density at radius 2 is 1.85 bits per heavy atom. The number of esters is 1. The molecule has 39 heavy (non-hydrogen) atoms. The number of ether oxygens (including phenoxy) is 1. The number of aromatic hydroxyl groups is 1. The molecule has 1 N–H and O–H groups in total. The topological polar surface area (TPSA) is 46.5 Å². The van der Waals surface area contributed by atoms with Crippen LogP contribution in [-0.4, -0.2) is 17.2 Å². The molecule has 0 aromatic heterocycles. The van der Waals surface area contributed by atoms with E-state index < -0.39 is 0 Å². The van der Waals surface area contributed by atoms with Gasteiger partial charge in [0.25, 0.3) is 0 Å². The molecule has 4 aliphatic rings. The summed E-state index contributed by atoms with van der Waals surface area (Å²) in [5.41, 5.74) is 2.97. The highest BCUT2D eigenvalue weighted by Crippen LogP contribution is 2.67. The Kier molecular flexibility index (Phi) is 8.37.